The quantitative estimate of drug-likeness (QED) is 0.307. The summed E-state index contributed by atoms with van der Waals surface area (Å²) in [7, 11) is 5.73. The number of aliphatic hydroxyl groups is 1. The van der Waals surface area contributed by atoms with Gasteiger partial charge in [-0.05, 0) is 6.42 Å². The van der Waals surface area contributed by atoms with Crippen LogP contribution in [0.2, 0.25) is 0 Å². The van der Waals surface area contributed by atoms with Crippen molar-refractivity contribution in [3.8, 4) is 0 Å². The summed E-state index contributed by atoms with van der Waals surface area (Å²) in [6, 6.07) is 0. The molecular weight excluding hydrogens is 298 g/mol. The van der Waals surface area contributed by atoms with Gasteiger partial charge in [0.05, 0.1) is 40.1 Å². The lowest BCUT2D eigenvalue weighted by Crippen LogP contribution is -2.44. The van der Waals surface area contributed by atoms with E-state index in [-0.39, 0.29) is 12.8 Å². The van der Waals surface area contributed by atoms with Gasteiger partial charge >= 0.3 is 11.9 Å². The molecule has 6 heteroatoms. The van der Waals surface area contributed by atoms with Crippen molar-refractivity contribution in [2.24, 2.45) is 0 Å². The third-order valence-corrected chi connectivity index (χ3v) is 3.49. The Morgan fingerprint density at radius 1 is 1.04 bits per heavy atom. The number of unbranched alkanes of at least 4 members (excludes halogenated alkanes) is 4. The molecule has 0 aliphatic heterocycles. The largest absolute Gasteiger partial charge is 0.481 e. The van der Waals surface area contributed by atoms with Gasteiger partial charge in [-0.2, -0.15) is 0 Å². The highest BCUT2D eigenvalue weighted by Gasteiger charge is 2.25. The number of hydrogen-bond donors (Lipinski definition) is 2. The monoisotopic (exact) mass is 332 g/mol. The van der Waals surface area contributed by atoms with E-state index in [0.717, 1.165) is 19.3 Å². The number of carboxylic acids is 1. The minimum absolute atomic E-state index is 0.0684. The van der Waals surface area contributed by atoms with Gasteiger partial charge in [-0.1, -0.05) is 39.0 Å². The Morgan fingerprint density at radius 2 is 1.65 bits per heavy atom. The molecule has 0 spiro atoms. The molecule has 0 saturated carbocycles. The maximum Gasteiger partial charge on any atom is 0.308 e. The van der Waals surface area contributed by atoms with Gasteiger partial charge in [-0.3, -0.25) is 9.59 Å². The molecule has 2 atom stereocenters. The lowest BCUT2D eigenvalue weighted by Gasteiger charge is -2.28. The number of nitrogens with zero attached hydrogens (tertiary/aromatic N) is 1. The average molecular weight is 332 g/mol. The highest BCUT2D eigenvalue weighted by molar-refractivity contribution is 5.71. The fourth-order valence-corrected chi connectivity index (χ4v) is 2.46. The van der Waals surface area contributed by atoms with Crippen molar-refractivity contribution in [2.45, 2.75) is 70.5 Å². The zero-order valence-electron chi connectivity index (χ0n) is 15.1. The molecule has 0 bridgehead atoms. The number of aliphatic carboxylic acids is 1. The third-order valence-electron chi connectivity index (χ3n) is 3.49. The van der Waals surface area contributed by atoms with E-state index in [1.54, 1.807) is 0 Å². The third kappa shape index (κ3) is 14.2. The molecule has 136 valence electrons. The summed E-state index contributed by atoms with van der Waals surface area (Å²) in [5.74, 6) is -1.52. The molecule has 0 aliphatic rings. The zero-order chi connectivity index (χ0) is 17.9. The van der Waals surface area contributed by atoms with Crippen LogP contribution in [0.25, 0.3) is 0 Å². The number of quaternary nitrogens is 1. The van der Waals surface area contributed by atoms with E-state index in [2.05, 4.69) is 6.92 Å². The van der Waals surface area contributed by atoms with Crippen LogP contribution in [0.4, 0.5) is 0 Å². The van der Waals surface area contributed by atoms with Gasteiger partial charge in [0.2, 0.25) is 0 Å². The van der Waals surface area contributed by atoms with E-state index in [1.165, 1.54) is 12.8 Å². The van der Waals surface area contributed by atoms with Crippen molar-refractivity contribution in [1.82, 2.24) is 0 Å². The maximum atomic E-state index is 11.9. The van der Waals surface area contributed by atoms with Crippen molar-refractivity contribution < 1.29 is 29.0 Å². The Kier molecular flexibility index (Phi) is 10.8. The smallest absolute Gasteiger partial charge is 0.308 e. The van der Waals surface area contributed by atoms with Crippen molar-refractivity contribution in [3.63, 3.8) is 0 Å². The molecule has 0 fully saturated rings. The van der Waals surface area contributed by atoms with Crippen molar-refractivity contribution >= 4 is 11.9 Å². The number of carbonyl (C=O) groups is 2. The summed E-state index contributed by atoms with van der Waals surface area (Å²) in [4.78, 5) is 22.8. The highest BCUT2D eigenvalue weighted by Crippen LogP contribution is 2.12. The van der Waals surface area contributed by atoms with Crippen LogP contribution in [-0.4, -0.2) is 66.5 Å². The van der Waals surface area contributed by atoms with Crippen LogP contribution in [-0.2, 0) is 14.3 Å². The Hall–Kier alpha value is -1.14. The summed E-state index contributed by atoms with van der Waals surface area (Å²) in [5.41, 5.74) is 0. The minimum atomic E-state index is -0.993. The summed E-state index contributed by atoms with van der Waals surface area (Å²) in [5, 5.41) is 18.8. The molecule has 0 rings (SSSR count). The second kappa shape index (κ2) is 11.4. The molecule has 2 unspecified atom stereocenters. The number of rotatable bonds is 13. The Balaban J connectivity index is 4.16. The first kappa shape index (κ1) is 21.9. The second-order valence-corrected chi connectivity index (χ2v) is 7.24. The van der Waals surface area contributed by atoms with Crippen LogP contribution in [0.5, 0.6) is 0 Å². The summed E-state index contributed by atoms with van der Waals surface area (Å²) in [6.07, 6.45) is 4.39. The Bertz CT molecular complexity index is 351. The van der Waals surface area contributed by atoms with Crippen LogP contribution >= 0.6 is 0 Å². The van der Waals surface area contributed by atoms with E-state index in [9.17, 15) is 14.7 Å². The molecule has 6 nitrogen and oxygen atoms in total. The number of hydrogen-bond acceptors (Lipinski definition) is 4. The summed E-state index contributed by atoms with van der Waals surface area (Å²) < 4.78 is 5.76. The van der Waals surface area contributed by atoms with Gasteiger partial charge < -0.3 is 19.4 Å². The number of likely N-dealkylation sites (N-methyl/N-ethyl adjacent to an activating group) is 1. The number of esters is 1. The topological polar surface area (TPSA) is 83.8 Å². The second-order valence-electron chi connectivity index (χ2n) is 7.24. The molecule has 23 heavy (non-hydrogen) atoms. The first-order chi connectivity index (χ1) is 10.6. The molecule has 0 saturated heterocycles. The van der Waals surface area contributed by atoms with Crippen molar-refractivity contribution in [2.75, 3.05) is 27.7 Å². The molecule has 0 radical (unpaired) electrons. The predicted octanol–water partition coefficient (Wildman–Crippen LogP) is 2.19. The molecule has 0 amide bonds. The van der Waals surface area contributed by atoms with Gasteiger partial charge in [0, 0.05) is 0 Å². The van der Waals surface area contributed by atoms with Crippen LogP contribution < -0.4 is 0 Å². The molecule has 0 aromatic heterocycles. The lowest BCUT2D eigenvalue weighted by molar-refractivity contribution is -0.873. The molecule has 0 aliphatic carbocycles. The van der Waals surface area contributed by atoms with Crippen LogP contribution in [0.1, 0.15) is 58.3 Å². The maximum absolute atomic E-state index is 11.9. The molecule has 0 aromatic rings. The number of carbonyl (C=O) groups excluding carboxylic acids is 1. The van der Waals surface area contributed by atoms with E-state index < -0.39 is 24.1 Å². The van der Waals surface area contributed by atoms with Gasteiger partial charge in [0.25, 0.3) is 0 Å². The number of aliphatic hydroxyl groups excluding tert-OH is 1. The van der Waals surface area contributed by atoms with Crippen LogP contribution in [0.15, 0.2) is 0 Å². The van der Waals surface area contributed by atoms with Gasteiger partial charge in [0.1, 0.15) is 6.54 Å². The van der Waals surface area contributed by atoms with E-state index in [4.69, 9.17) is 9.84 Å². The van der Waals surface area contributed by atoms with E-state index in [1.807, 2.05) is 21.1 Å². The minimum Gasteiger partial charge on any atom is -0.481 e. The average Bonchev–Trinajstić information content (AvgIpc) is 2.35. The predicted molar refractivity (Wildman–Crippen MR) is 89.0 cm³/mol. The number of carboxylic acid groups (broad SMARTS) is 1. The fraction of sp³-hybridized carbons (Fsp3) is 0.882. The number of ether oxygens (including phenoxy) is 1. The molecular formula is C17H34NO5+. The molecule has 0 heterocycles. The Morgan fingerprint density at radius 3 is 2.17 bits per heavy atom. The van der Waals surface area contributed by atoms with Crippen LogP contribution in [0.3, 0.4) is 0 Å². The van der Waals surface area contributed by atoms with Gasteiger partial charge in [-0.15, -0.1) is 0 Å². The van der Waals surface area contributed by atoms with E-state index >= 15 is 0 Å². The Labute approximate surface area is 140 Å². The van der Waals surface area contributed by atoms with E-state index in [0.29, 0.717) is 17.4 Å². The lowest BCUT2D eigenvalue weighted by atomic mass is 10.1. The fourth-order valence-electron chi connectivity index (χ4n) is 2.46. The van der Waals surface area contributed by atoms with Gasteiger partial charge in [0.15, 0.2) is 6.10 Å². The van der Waals surface area contributed by atoms with Crippen molar-refractivity contribution in [3.05, 3.63) is 0 Å². The highest BCUT2D eigenvalue weighted by atomic mass is 16.5. The summed E-state index contributed by atoms with van der Waals surface area (Å²) >= 11 is 0. The normalized spacial score (nSPS) is 14.3. The summed E-state index contributed by atoms with van der Waals surface area (Å²) in [6.45, 7) is 2.57. The van der Waals surface area contributed by atoms with Crippen molar-refractivity contribution in [1.29, 1.82) is 0 Å². The molecule has 0 aromatic carbocycles. The first-order valence-corrected chi connectivity index (χ1v) is 8.53. The van der Waals surface area contributed by atoms with Crippen LogP contribution in [0, 0.1) is 0 Å². The zero-order valence-corrected chi connectivity index (χ0v) is 15.1. The first-order valence-electron chi connectivity index (χ1n) is 8.53. The van der Waals surface area contributed by atoms with Gasteiger partial charge in [-0.25, -0.2) is 0 Å². The standard InChI is InChI=1S/C17H33NO5/c1-5-6-7-8-9-10-14(19)11-17(22)23-15(12-16(20)21)13-18(2,3)4/h14-15,19H,5-13H2,1-4H3/p+1. The SMILES string of the molecule is CCCCCCCC(O)CC(=O)OC(CC(=O)O)C[N+](C)(C)C. The molecule has 2 N–H and O–H groups in total.